The zero-order valence-electron chi connectivity index (χ0n) is 11.6. The Bertz CT molecular complexity index is 559. The third-order valence-electron chi connectivity index (χ3n) is 4.25. The van der Waals surface area contributed by atoms with Gasteiger partial charge in [0.1, 0.15) is 0 Å². The molecule has 0 heterocycles. The van der Waals surface area contributed by atoms with Crippen molar-refractivity contribution in [2.45, 2.75) is 37.3 Å². The highest BCUT2D eigenvalue weighted by atomic mass is 79.9. The third kappa shape index (κ3) is 3.00. The smallest absolute Gasteiger partial charge is 0.0216 e. The summed E-state index contributed by atoms with van der Waals surface area (Å²) in [6.07, 6.45) is 6.76. The summed E-state index contributed by atoms with van der Waals surface area (Å²) in [5.41, 5.74) is 1.52. The Balaban J connectivity index is 1.99. The lowest BCUT2D eigenvalue weighted by atomic mass is 9.83. The average Bonchev–Trinajstić information content (AvgIpc) is 2.49. The molecule has 0 N–H and O–H groups in total. The SMILES string of the molecule is Brc1ccccc1C1(Pc2ccccc2)CCCCC1. The van der Waals surface area contributed by atoms with Gasteiger partial charge in [-0.2, -0.15) is 0 Å². The fraction of sp³-hybridized carbons (Fsp3) is 0.333. The summed E-state index contributed by atoms with van der Waals surface area (Å²) in [5.74, 6) is 0. The van der Waals surface area contributed by atoms with Crippen LogP contribution in [0.4, 0.5) is 0 Å². The fourth-order valence-electron chi connectivity index (χ4n) is 3.26. The van der Waals surface area contributed by atoms with Gasteiger partial charge in [-0.3, -0.25) is 0 Å². The van der Waals surface area contributed by atoms with E-state index in [1.807, 2.05) is 0 Å². The minimum Gasteiger partial charge on any atom is -0.0794 e. The Labute approximate surface area is 131 Å². The Morgan fingerprint density at radius 1 is 0.800 bits per heavy atom. The second-order valence-electron chi connectivity index (χ2n) is 5.61. The van der Waals surface area contributed by atoms with Crippen molar-refractivity contribution in [1.29, 1.82) is 0 Å². The topological polar surface area (TPSA) is 0 Å². The molecular weight excluding hydrogens is 327 g/mol. The van der Waals surface area contributed by atoms with Crippen LogP contribution in [0.15, 0.2) is 59.1 Å². The molecule has 0 saturated heterocycles. The molecule has 0 radical (unpaired) electrons. The van der Waals surface area contributed by atoms with Crippen molar-refractivity contribution in [2.24, 2.45) is 0 Å². The van der Waals surface area contributed by atoms with Crippen LogP contribution in [0.3, 0.4) is 0 Å². The van der Waals surface area contributed by atoms with Crippen molar-refractivity contribution < 1.29 is 0 Å². The van der Waals surface area contributed by atoms with Gasteiger partial charge >= 0.3 is 0 Å². The van der Waals surface area contributed by atoms with E-state index in [-0.39, 0.29) is 0 Å². The normalized spacial score (nSPS) is 18.4. The molecule has 20 heavy (non-hydrogen) atoms. The molecule has 0 nitrogen and oxygen atoms in total. The lowest BCUT2D eigenvalue weighted by molar-refractivity contribution is 0.403. The maximum absolute atomic E-state index is 3.78. The lowest BCUT2D eigenvalue weighted by Crippen LogP contribution is -2.26. The third-order valence-corrected chi connectivity index (χ3v) is 6.82. The molecule has 104 valence electrons. The van der Waals surface area contributed by atoms with Crippen molar-refractivity contribution in [3.63, 3.8) is 0 Å². The number of halogens is 1. The molecule has 0 bridgehead atoms. The van der Waals surface area contributed by atoms with Gasteiger partial charge in [0.05, 0.1) is 0 Å². The van der Waals surface area contributed by atoms with Gasteiger partial charge in [-0.25, -0.2) is 0 Å². The Kier molecular flexibility index (Phi) is 4.58. The van der Waals surface area contributed by atoms with E-state index >= 15 is 0 Å². The molecule has 1 aliphatic carbocycles. The molecule has 1 atom stereocenters. The molecule has 1 aliphatic rings. The van der Waals surface area contributed by atoms with Crippen molar-refractivity contribution in [2.75, 3.05) is 0 Å². The Morgan fingerprint density at radius 3 is 2.15 bits per heavy atom. The molecule has 0 amide bonds. The first-order chi connectivity index (χ1) is 9.80. The highest BCUT2D eigenvalue weighted by Gasteiger charge is 2.35. The van der Waals surface area contributed by atoms with E-state index in [9.17, 15) is 0 Å². The zero-order valence-corrected chi connectivity index (χ0v) is 14.2. The standard InChI is InChI=1S/C18H20BrP/c19-17-12-6-5-11-16(17)18(13-7-2-8-14-18)20-15-9-3-1-4-10-15/h1,3-6,9-12,20H,2,7-8,13-14H2. The van der Waals surface area contributed by atoms with Gasteiger partial charge in [-0.05, 0) is 29.8 Å². The zero-order chi connectivity index (χ0) is 13.8. The largest absolute Gasteiger partial charge is 0.0794 e. The van der Waals surface area contributed by atoms with E-state index in [4.69, 9.17) is 0 Å². The molecule has 2 aromatic rings. The van der Waals surface area contributed by atoms with Gasteiger partial charge in [0, 0.05) is 9.63 Å². The lowest BCUT2D eigenvalue weighted by Gasteiger charge is -2.39. The molecule has 0 aromatic heterocycles. The van der Waals surface area contributed by atoms with Crippen LogP contribution in [0, 0.1) is 0 Å². The van der Waals surface area contributed by atoms with Gasteiger partial charge in [0.2, 0.25) is 0 Å². The predicted octanol–water partition coefficient (Wildman–Crippen LogP) is 5.61. The first-order valence-electron chi connectivity index (χ1n) is 7.38. The van der Waals surface area contributed by atoms with Crippen LogP contribution in [-0.4, -0.2) is 0 Å². The van der Waals surface area contributed by atoms with Crippen LogP contribution in [0.2, 0.25) is 0 Å². The molecule has 0 aliphatic heterocycles. The van der Waals surface area contributed by atoms with E-state index in [0.29, 0.717) is 5.16 Å². The predicted molar refractivity (Wildman–Crippen MR) is 93.3 cm³/mol. The highest BCUT2D eigenvalue weighted by molar-refractivity contribution is 9.10. The molecule has 0 spiro atoms. The van der Waals surface area contributed by atoms with Crippen molar-refractivity contribution >= 4 is 29.8 Å². The average molecular weight is 347 g/mol. The summed E-state index contributed by atoms with van der Waals surface area (Å²) >= 11 is 3.78. The first-order valence-corrected chi connectivity index (χ1v) is 9.18. The molecule has 2 aromatic carbocycles. The Hall–Kier alpha value is -0.650. The van der Waals surface area contributed by atoms with Crippen LogP contribution in [0.5, 0.6) is 0 Å². The van der Waals surface area contributed by atoms with E-state index < -0.39 is 0 Å². The number of hydrogen-bond donors (Lipinski definition) is 0. The van der Waals surface area contributed by atoms with Crippen LogP contribution in [-0.2, 0) is 5.16 Å². The molecule has 1 fully saturated rings. The molecule has 1 saturated carbocycles. The molecular formula is C18H20BrP. The molecule has 1 unspecified atom stereocenters. The number of rotatable bonds is 3. The van der Waals surface area contributed by atoms with E-state index in [1.54, 1.807) is 0 Å². The van der Waals surface area contributed by atoms with Crippen molar-refractivity contribution in [3.8, 4) is 0 Å². The summed E-state index contributed by atoms with van der Waals surface area (Å²) in [7, 11) is 0.868. The van der Waals surface area contributed by atoms with Crippen LogP contribution < -0.4 is 5.30 Å². The van der Waals surface area contributed by atoms with Gasteiger partial charge in [-0.15, -0.1) is 0 Å². The van der Waals surface area contributed by atoms with Gasteiger partial charge < -0.3 is 0 Å². The van der Waals surface area contributed by atoms with Gasteiger partial charge in [0.15, 0.2) is 0 Å². The first kappa shape index (κ1) is 14.3. The van der Waals surface area contributed by atoms with Crippen molar-refractivity contribution in [3.05, 3.63) is 64.6 Å². The summed E-state index contributed by atoms with van der Waals surface area (Å²) in [6, 6.07) is 19.8. The minimum absolute atomic E-state index is 0.347. The second-order valence-corrected chi connectivity index (χ2v) is 8.25. The summed E-state index contributed by atoms with van der Waals surface area (Å²) in [5, 5.41) is 1.84. The molecule has 2 heteroatoms. The Morgan fingerprint density at radius 2 is 1.45 bits per heavy atom. The van der Waals surface area contributed by atoms with Crippen LogP contribution in [0.1, 0.15) is 37.7 Å². The number of benzene rings is 2. The maximum Gasteiger partial charge on any atom is 0.0216 e. The second kappa shape index (κ2) is 6.41. The quantitative estimate of drug-likeness (QED) is 0.633. The van der Waals surface area contributed by atoms with E-state index in [2.05, 4.69) is 70.5 Å². The van der Waals surface area contributed by atoms with Crippen LogP contribution in [0.25, 0.3) is 0 Å². The van der Waals surface area contributed by atoms with Gasteiger partial charge in [0.25, 0.3) is 0 Å². The number of hydrogen-bond acceptors (Lipinski definition) is 0. The fourth-order valence-corrected chi connectivity index (χ4v) is 5.98. The van der Waals surface area contributed by atoms with E-state index in [0.717, 1.165) is 8.58 Å². The minimum atomic E-state index is 0.347. The highest BCUT2D eigenvalue weighted by Crippen LogP contribution is 2.53. The van der Waals surface area contributed by atoms with Crippen molar-refractivity contribution in [1.82, 2.24) is 0 Å². The maximum atomic E-state index is 3.78. The van der Waals surface area contributed by atoms with Gasteiger partial charge in [-0.1, -0.05) is 92.3 Å². The summed E-state index contributed by atoms with van der Waals surface area (Å²) in [6.45, 7) is 0. The molecule has 3 rings (SSSR count). The summed E-state index contributed by atoms with van der Waals surface area (Å²) in [4.78, 5) is 0. The monoisotopic (exact) mass is 346 g/mol. The van der Waals surface area contributed by atoms with Crippen LogP contribution >= 0.6 is 24.5 Å². The van der Waals surface area contributed by atoms with E-state index in [1.165, 1.54) is 47.4 Å². The summed E-state index contributed by atoms with van der Waals surface area (Å²) < 4.78 is 1.28.